The van der Waals surface area contributed by atoms with E-state index >= 15 is 0 Å². The van der Waals surface area contributed by atoms with Crippen LogP contribution in [0.3, 0.4) is 0 Å². The van der Waals surface area contributed by atoms with Gasteiger partial charge < -0.3 is 10.3 Å². The van der Waals surface area contributed by atoms with Gasteiger partial charge in [0.05, 0.1) is 0 Å². The number of aryl methyl sites for hydroxylation is 2. The standard InChI is InChI=1S/C7H9NO.C4H9N/c1-5-3-7(9)4-6(2)8-5;1-2-4-5-3-1/h3-4H,1-2H3,(H,8,9);5H,1-4H2. The summed E-state index contributed by atoms with van der Waals surface area (Å²) in [6.07, 6.45) is 2.78. The van der Waals surface area contributed by atoms with E-state index in [1.165, 1.54) is 25.9 Å². The third-order valence-electron chi connectivity index (χ3n) is 2.07. The monoisotopic (exact) mass is 194 g/mol. The first-order valence-corrected chi connectivity index (χ1v) is 5.07. The van der Waals surface area contributed by atoms with Gasteiger partial charge in [-0.15, -0.1) is 0 Å². The van der Waals surface area contributed by atoms with E-state index in [0.29, 0.717) is 0 Å². The highest BCUT2D eigenvalue weighted by molar-refractivity contribution is 5.08. The average molecular weight is 194 g/mol. The predicted molar refractivity (Wildman–Crippen MR) is 58.6 cm³/mol. The van der Waals surface area contributed by atoms with Crippen molar-refractivity contribution >= 4 is 0 Å². The van der Waals surface area contributed by atoms with E-state index in [1.807, 2.05) is 13.8 Å². The Labute approximate surface area is 84.6 Å². The molecule has 1 aliphatic heterocycles. The van der Waals surface area contributed by atoms with Gasteiger partial charge in [0.1, 0.15) is 0 Å². The number of rotatable bonds is 0. The lowest BCUT2D eigenvalue weighted by molar-refractivity contribution is 0.857. The van der Waals surface area contributed by atoms with Crippen LogP contribution in [0, 0.1) is 13.8 Å². The summed E-state index contributed by atoms with van der Waals surface area (Å²) in [6.45, 7) is 6.24. The normalized spacial score (nSPS) is 14.7. The molecule has 0 aromatic carbocycles. The predicted octanol–water partition coefficient (Wildman–Crippen LogP) is 1.36. The molecule has 1 saturated heterocycles. The summed E-state index contributed by atoms with van der Waals surface area (Å²) < 4.78 is 0. The Morgan fingerprint density at radius 1 is 1.07 bits per heavy atom. The van der Waals surface area contributed by atoms with Crippen LogP contribution in [0.15, 0.2) is 16.9 Å². The number of nitrogens with one attached hydrogen (secondary N) is 2. The lowest BCUT2D eigenvalue weighted by atomic mass is 10.3. The van der Waals surface area contributed by atoms with Crippen LogP contribution in [0.5, 0.6) is 0 Å². The van der Waals surface area contributed by atoms with E-state index in [9.17, 15) is 4.79 Å². The summed E-state index contributed by atoms with van der Waals surface area (Å²) in [5.41, 5.74) is 1.91. The quantitative estimate of drug-likeness (QED) is 0.655. The van der Waals surface area contributed by atoms with Crippen LogP contribution in [0.4, 0.5) is 0 Å². The molecule has 1 aromatic heterocycles. The fourth-order valence-electron chi connectivity index (χ4n) is 1.48. The Bertz CT molecular complexity index is 295. The van der Waals surface area contributed by atoms with Gasteiger partial charge in [-0.05, 0) is 39.8 Å². The van der Waals surface area contributed by atoms with Gasteiger partial charge in [0.15, 0.2) is 5.43 Å². The molecule has 3 heteroatoms. The number of H-pyrrole nitrogens is 1. The van der Waals surface area contributed by atoms with Crippen molar-refractivity contribution in [1.29, 1.82) is 0 Å². The summed E-state index contributed by atoms with van der Waals surface area (Å²) in [7, 11) is 0. The smallest absolute Gasteiger partial charge is 0.182 e. The van der Waals surface area contributed by atoms with Gasteiger partial charge in [-0.3, -0.25) is 4.79 Å². The first-order valence-electron chi connectivity index (χ1n) is 5.07. The average Bonchev–Trinajstić information content (AvgIpc) is 2.56. The maximum Gasteiger partial charge on any atom is 0.182 e. The molecule has 3 nitrogen and oxygen atoms in total. The SMILES string of the molecule is C1CCNC1.Cc1cc(=O)cc(C)[nH]1. The highest BCUT2D eigenvalue weighted by atomic mass is 16.1. The van der Waals surface area contributed by atoms with E-state index in [4.69, 9.17) is 0 Å². The zero-order valence-electron chi connectivity index (χ0n) is 8.89. The van der Waals surface area contributed by atoms with Crippen molar-refractivity contribution in [2.24, 2.45) is 0 Å². The van der Waals surface area contributed by atoms with Crippen LogP contribution in [-0.4, -0.2) is 18.1 Å². The van der Waals surface area contributed by atoms with E-state index in [-0.39, 0.29) is 5.43 Å². The molecule has 1 aliphatic rings. The molecular weight excluding hydrogens is 176 g/mol. The van der Waals surface area contributed by atoms with Crippen LogP contribution >= 0.6 is 0 Å². The zero-order valence-corrected chi connectivity index (χ0v) is 8.89. The number of hydrogen-bond acceptors (Lipinski definition) is 2. The third kappa shape index (κ3) is 4.23. The maximum atomic E-state index is 10.7. The van der Waals surface area contributed by atoms with Gasteiger partial charge in [0.2, 0.25) is 0 Å². The van der Waals surface area contributed by atoms with Crippen molar-refractivity contribution in [3.05, 3.63) is 33.7 Å². The fraction of sp³-hybridized carbons (Fsp3) is 0.545. The minimum atomic E-state index is 0.0729. The zero-order chi connectivity index (χ0) is 10.4. The number of aromatic amines is 1. The molecule has 2 heterocycles. The summed E-state index contributed by atoms with van der Waals surface area (Å²) >= 11 is 0. The molecule has 14 heavy (non-hydrogen) atoms. The van der Waals surface area contributed by atoms with Gasteiger partial charge in [-0.2, -0.15) is 0 Å². The molecule has 1 fully saturated rings. The summed E-state index contributed by atoms with van der Waals surface area (Å²) in [5.74, 6) is 0. The number of hydrogen-bond donors (Lipinski definition) is 2. The molecule has 2 rings (SSSR count). The first-order chi connectivity index (χ1) is 6.68. The Morgan fingerprint density at radius 3 is 1.86 bits per heavy atom. The molecule has 0 spiro atoms. The minimum absolute atomic E-state index is 0.0729. The molecule has 0 saturated carbocycles. The molecule has 0 atom stereocenters. The molecule has 0 amide bonds. The van der Waals surface area contributed by atoms with Crippen LogP contribution in [0.2, 0.25) is 0 Å². The largest absolute Gasteiger partial charge is 0.362 e. The van der Waals surface area contributed by atoms with Crippen molar-refractivity contribution in [3.8, 4) is 0 Å². The molecule has 0 radical (unpaired) electrons. The van der Waals surface area contributed by atoms with E-state index in [0.717, 1.165) is 11.4 Å². The number of aromatic nitrogens is 1. The molecule has 1 aromatic rings. The molecule has 78 valence electrons. The van der Waals surface area contributed by atoms with Crippen molar-refractivity contribution in [1.82, 2.24) is 10.3 Å². The lowest BCUT2D eigenvalue weighted by Crippen LogP contribution is -2.03. The topological polar surface area (TPSA) is 44.9 Å². The van der Waals surface area contributed by atoms with Crippen molar-refractivity contribution < 1.29 is 0 Å². The van der Waals surface area contributed by atoms with Gasteiger partial charge in [0, 0.05) is 23.5 Å². The van der Waals surface area contributed by atoms with E-state index in [2.05, 4.69) is 10.3 Å². The second-order valence-electron chi connectivity index (χ2n) is 3.64. The van der Waals surface area contributed by atoms with Gasteiger partial charge in [-0.25, -0.2) is 0 Å². The molecule has 0 unspecified atom stereocenters. The summed E-state index contributed by atoms with van der Waals surface area (Å²) in [5, 5.41) is 3.22. The Morgan fingerprint density at radius 2 is 1.57 bits per heavy atom. The number of pyridine rings is 1. The Kier molecular flexibility index (Phi) is 4.40. The van der Waals surface area contributed by atoms with Crippen molar-refractivity contribution in [2.75, 3.05) is 13.1 Å². The van der Waals surface area contributed by atoms with Gasteiger partial charge in [0.25, 0.3) is 0 Å². The Balaban J connectivity index is 0.000000165. The van der Waals surface area contributed by atoms with Crippen molar-refractivity contribution in [2.45, 2.75) is 26.7 Å². The minimum Gasteiger partial charge on any atom is -0.362 e. The fourth-order valence-corrected chi connectivity index (χ4v) is 1.48. The summed E-state index contributed by atoms with van der Waals surface area (Å²) in [6, 6.07) is 3.15. The molecular formula is C11H18N2O. The van der Waals surface area contributed by atoms with Crippen molar-refractivity contribution in [3.63, 3.8) is 0 Å². The van der Waals surface area contributed by atoms with Crippen LogP contribution in [0.1, 0.15) is 24.2 Å². The highest BCUT2D eigenvalue weighted by Gasteiger charge is 1.93. The van der Waals surface area contributed by atoms with E-state index < -0.39 is 0 Å². The van der Waals surface area contributed by atoms with E-state index in [1.54, 1.807) is 12.1 Å². The lowest BCUT2D eigenvalue weighted by Gasteiger charge is -1.92. The summed E-state index contributed by atoms with van der Waals surface area (Å²) in [4.78, 5) is 13.7. The highest BCUT2D eigenvalue weighted by Crippen LogP contribution is 1.90. The van der Waals surface area contributed by atoms with Crippen LogP contribution < -0.4 is 10.7 Å². The second kappa shape index (κ2) is 5.60. The maximum absolute atomic E-state index is 10.7. The Hall–Kier alpha value is -1.09. The second-order valence-corrected chi connectivity index (χ2v) is 3.64. The van der Waals surface area contributed by atoms with Gasteiger partial charge >= 0.3 is 0 Å². The molecule has 2 N–H and O–H groups in total. The van der Waals surface area contributed by atoms with Gasteiger partial charge in [-0.1, -0.05) is 0 Å². The van der Waals surface area contributed by atoms with Crippen LogP contribution in [-0.2, 0) is 0 Å². The first kappa shape index (κ1) is 11.0. The third-order valence-corrected chi connectivity index (χ3v) is 2.07. The van der Waals surface area contributed by atoms with Crippen LogP contribution in [0.25, 0.3) is 0 Å². The molecule has 0 bridgehead atoms. The molecule has 0 aliphatic carbocycles.